The van der Waals surface area contributed by atoms with Gasteiger partial charge in [0.1, 0.15) is 11.3 Å². The molecule has 3 heterocycles. The third kappa shape index (κ3) is 4.41. The second-order valence-electron chi connectivity index (χ2n) is 11.8. The summed E-state index contributed by atoms with van der Waals surface area (Å²) in [6, 6.07) is 16.4. The molecule has 2 atom stereocenters. The van der Waals surface area contributed by atoms with E-state index in [2.05, 4.69) is 29.2 Å². The van der Waals surface area contributed by atoms with E-state index in [0.29, 0.717) is 34.8 Å². The number of benzene rings is 3. The zero-order valence-corrected chi connectivity index (χ0v) is 23.1. The summed E-state index contributed by atoms with van der Waals surface area (Å²) < 4.78 is 22.9. The van der Waals surface area contributed by atoms with E-state index < -0.39 is 0 Å². The summed E-state index contributed by atoms with van der Waals surface area (Å²) >= 11 is 6.62. The molecule has 4 aromatic rings. The Morgan fingerprint density at radius 3 is 2.49 bits per heavy atom. The lowest BCUT2D eigenvalue weighted by Gasteiger charge is -2.37. The Balaban J connectivity index is 1.37. The number of fused-ring (bicyclic) bond motifs is 4. The summed E-state index contributed by atoms with van der Waals surface area (Å²) in [4.78, 5) is 14.2. The van der Waals surface area contributed by atoms with Gasteiger partial charge in [-0.25, -0.2) is 4.39 Å². The highest BCUT2D eigenvalue weighted by molar-refractivity contribution is 6.36. The third-order valence-corrected chi connectivity index (χ3v) is 8.97. The first kappa shape index (κ1) is 25.0. The van der Waals surface area contributed by atoms with Gasteiger partial charge in [0.15, 0.2) is 5.82 Å². The molecule has 1 N–H and O–H groups in total. The summed E-state index contributed by atoms with van der Waals surface area (Å²) in [6.45, 7) is 3.29. The molecule has 0 radical (unpaired) electrons. The van der Waals surface area contributed by atoms with Crippen molar-refractivity contribution in [1.29, 1.82) is 0 Å². The van der Waals surface area contributed by atoms with Crippen LogP contribution in [0.5, 0.6) is 6.01 Å². The molecule has 0 amide bonds. The average Bonchev–Trinajstić information content (AvgIpc) is 3.64. The molecule has 2 saturated heterocycles. The van der Waals surface area contributed by atoms with Crippen LogP contribution in [0.25, 0.3) is 32.8 Å². The van der Waals surface area contributed by atoms with Gasteiger partial charge in [-0.1, -0.05) is 48.0 Å². The molecule has 3 fully saturated rings. The van der Waals surface area contributed by atoms with Crippen molar-refractivity contribution in [2.24, 2.45) is 5.41 Å². The molecule has 202 valence electrons. The van der Waals surface area contributed by atoms with Crippen LogP contribution in [-0.2, 0) is 0 Å². The van der Waals surface area contributed by atoms with Gasteiger partial charge < -0.3 is 19.9 Å². The van der Waals surface area contributed by atoms with Crippen LogP contribution in [0.3, 0.4) is 0 Å². The summed E-state index contributed by atoms with van der Waals surface area (Å²) in [7, 11) is 4.17. The Labute approximate surface area is 233 Å². The zero-order chi connectivity index (χ0) is 26.7. The van der Waals surface area contributed by atoms with E-state index in [0.717, 1.165) is 72.9 Å². The highest BCUT2D eigenvalue weighted by Crippen LogP contribution is 2.46. The van der Waals surface area contributed by atoms with E-state index in [1.165, 1.54) is 0 Å². The maximum absolute atomic E-state index is 16.6. The summed E-state index contributed by atoms with van der Waals surface area (Å²) in [6.07, 6.45) is 4.43. The number of anilines is 1. The predicted octanol–water partition coefficient (Wildman–Crippen LogP) is 5.90. The fourth-order valence-electron chi connectivity index (χ4n) is 6.65. The largest absolute Gasteiger partial charge is 0.463 e. The Bertz CT molecular complexity index is 1550. The maximum atomic E-state index is 16.6. The number of rotatable bonds is 7. The molecule has 0 unspecified atom stereocenters. The number of halogens is 2. The van der Waals surface area contributed by atoms with Crippen molar-refractivity contribution in [2.45, 2.75) is 37.8 Å². The van der Waals surface area contributed by atoms with E-state index in [-0.39, 0.29) is 17.2 Å². The van der Waals surface area contributed by atoms with Crippen LogP contribution in [0.15, 0.2) is 48.5 Å². The highest BCUT2D eigenvalue weighted by atomic mass is 35.5. The Kier molecular flexibility index (Phi) is 6.14. The van der Waals surface area contributed by atoms with Crippen LogP contribution in [0.1, 0.15) is 25.7 Å². The van der Waals surface area contributed by atoms with Gasteiger partial charge in [-0.2, -0.15) is 9.97 Å². The summed E-state index contributed by atoms with van der Waals surface area (Å²) in [5.74, 6) is 0.410. The minimum atomic E-state index is -0.370. The van der Waals surface area contributed by atoms with Gasteiger partial charge in [-0.3, -0.25) is 0 Å². The first-order valence-electron chi connectivity index (χ1n) is 13.9. The Hall–Kier alpha value is -3.00. The van der Waals surface area contributed by atoms with Crippen LogP contribution < -0.4 is 15.0 Å². The molecular formula is C31H33ClFN5O. The number of nitrogens with zero attached hydrogens (tertiary/aromatic N) is 4. The van der Waals surface area contributed by atoms with Crippen LogP contribution in [0.4, 0.5) is 10.2 Å². The zero-order valence-electron chi connectivity index (χ0n) is 22.4. The van der Waals surface area contributed by atoms with Gasteiger partial charge >= 0.3 is 6.01 Å². The van der Waals surface area contributed by atoms with Crippen LogP contribution >= 0.6 is 11.6 Å². The van der Waals surface area contributed by atoms with Crippen molar-refractivity contribution in [3.63, 3.8) is 0 Å². The third-order valence-electron chi connectivity index (χ3n) is 8.65. The standard InChI is InChI=1S/C31H33ClFN5O/c1-37(2)17-31(13-14-31)18-39-30-35-28-24(29(36-30)38-20-9-10-21(38)16-34-15-20)12-11-23(27(28)33)22-7-3-5-19-6-4-8-25(32)26(19)22/h3-8,11-12,20-21,34H,9-10,13-18H2,1-2H3/t20-,21+. The summed E-state index contributed by atoms with van der Waals surface area (Å²) in [5, 5.41) is 6.67. The maximum Gasteiger partial charge on any atom is 0.319 e. The van der Waals surface area contributed by atoms with E-state index in [1.807, 2.05) is 48.5 Å². The van der Waals surface area contributed by atoms with Gasteiger partial charge in [0.2, 0.25) is 0 Å². The second kappa shape index (κ2) is 9.58. The van der Waals surface area contributed by atoms with Gasteiger partial charge in [-0.05, 0) is 62.9 Å². The van der Waals surface area contributed by atoms with E-state index in [9.17, 15) is 0 Å². The van der Waals surface area contributed by atoms with Crippen LogP contribution in [0.2, 0.25) is 5.02 Å². The van der Waals surface area contributed by atoms with Crippen molar-refractivity contribution in [1.82, 2.24) is 20.2 Å². The molecule has 0 spiro atoms. The van der Waals surface area contributed by atoms with Gasteiger partial charge in [0, 0.05) is 58.5 Å². The highest BCUT2D eigenvalue weighted by Gasteiger charge is 2.44. The number of nitrogens with one attached hydrogen (secondary N) is 1. The molecule has 1 aromatic heterocycles. The minimum absolute atomic E-state index is 0.121. The minimum Gasteiger partial charge on any atom is -0.463 e. The van der Waals surface area contributed by atoms with E-state index in [1.54, 1.807) is 0 Å². The molecule has 2 aliphatic heterocycles. The molecule has 8 heteroatoms. The second-order valence-corrected chi connectivity index (χ2v) is 12.2. The van der Waals surface area contributed by atoms with Crippen molar-refractivity contribution in [3.8, 4) is 17.1 Å². The van der Waals surface area contributed by atoms with Gasteiger partial charge in [0.25, 0.3) is 0 Å². The normalized spacial score (nSPS) is 21.7. The predicted molar refractivity (Wildman–Crippen MR) is 155 cm³/mol. The molecular weight excluding hydrogens is 513 g/mol. The van der Waals surface area contributed by atoms with Crippen molar-refractivity contribution >= 4 is 39.1 Å². The van der Waals surface area contributed by atoms with E-state index in [4.69, 9.17) is 26.3 Å². The topological polar surface area (TPSA) is 53.5 Å². The number of piperazine rings is 1. The van der Waals surface area contributed by atoms with E-state index >= 15 is 4.39 Å². The number of hydrogen-bond acceptors (Lipinski definition) is 6. The molecule has 7 rings (SSSR count). The Morgan fingerprint density at radius 2 is 1.77 bits per heavy atom. The molecule has 1 saturated carbocycles. The smallest absolute Gasteiger partial charge is 0.319 e. The molecule has 3 aromatic carbocycles. The van der Waals surface area contributed by atoms with Crippen LogP contribution in [0, 0.1) is 11.2 Å². The lowest BCUT2D eigenvalue weighted by atomic mass is 9.96. The van der Waals surface area contributed by atoms with Gasteiger partial charge in [0.05, 0.1) is 6.61 Å². The molecule has 3 aliphatic rings. The average molecular weight is 546 g/mol. The first-order valence-corrected chi connectivity index (χ1v) is 14.2. The number of hydrogen-bond donors (Lipinski definition) is 1. The lowest BCUT2D eigenvalue weighted by molar-refractivity contribution is 0.183. The fourth-order valence-corrected chi connectivity index (χ4v) is 6.94. The van der Waals surface area contributed by atoms with Crippen molar-refractivity contribution in [2.75, 3.05) is 45.2 Å². The molecule has 2 bridgehead atoms. The first-order chi connectivity index (χ1) is 18.9. The summed E-state index contributed by atoms with van der Waals surface area (Å²) in [5.41, 5.74) is 1.65. The van der Waals surface area contributed by atoms with Crippen LogP contribution in [-0.4, -0.2) is 67.3 Å². The Morgan fingerprint density at radius 1 is 1.03 bits per heavy atom. The quantitative estimate of drug-likeness (QED) is 0.312. The number of aromatic nitrogens is 2. The van der Waals surface area contributed by atoms with Crippen molar-refractivity contribution < 1.29 is 9.13 Å². The SMILES string of the molecule is CN(C)CC1(COc2nc(N3[C@@H]4CC[C@H]3CNC4)c3ccc(-c4cccc5cccc(Cl)c45)c(F)c3n2)CC1. The molecule has 39 heavy (non-hydrogen) atoms. The monoisotopic (exact) mass is 545 g/mol. The number of ether oxygens (including phenoxy) is 1. The lowest BCUT2D eigenvalue weighted by Crippen LogP contribution is -2.52. The molecule has 1 aliphatic carbocycles. The fraction of sp³-hybridized carbons (Fsp3) is 0.419. The van der Waals surface area contributed by atoms with Crippen molar-refractivity contribution in [3.05, 3.63) is 59.4 Å². The van der Waals surface area contributed by atoms with Gasteiger partial charge in [-0.15, -0.1) is 0 Å². The molecule has 6 nitrogen and oxygen atoms in total.